The van der Waals surface area contributed by atoms with Crippen LogP contribution in [-0.4, -0.2) is 38.3 Å². The van der Waals surface area contributed by atoms with E-state index < -0.39 is 10.0 Å². The predicted molar refractivity (Wildman–Crippen MR) is 88.2 cm³/mol. The minimum absolute atomic E-state index is 0.164. The van der Waals surface area contributed by atoms with E-state index in [2.05, 4.69) is 12.2 Å². The number of benzene rings is 1. The number of nitrogens with zero attached hydrogens (tertiary/aromatic N) is 1. The van der Waals surface area contributed by atoms with Crippen molar-refractivity contribution in [3.8, 4) is 0 Å². The van der Waals surface area contributed by atoms with Gasteiger partial charge in [0.2, 0.25) is 15.9 Å². The Hall–Kier alpha value is -1.40. The van der Waals surface area contributed by atoms with E-state index in [1.54, 1.807) is 28.6 Å². The second kappa shape index (κ2) is 6.61. The normalized spacial score (nSPS) is 26.0. The van der Waals surface area contributed by atoms with E-state index in [1.807, 2.05) is 6.07 Å². The van der Waals surface area contributed by atoms with Crippen LogP contribution in [0, 0.1) is 17.8 Å². The van der Waals surface area contributed by atoms with E-state index in [1.165, 1.54) is 0 Å². The molecule has 1 aliphatic heterocycles. The summed E-state index contributed by atoms with van der Waals surface area (Å²) >= 11 is 0. The highest BCUT2D eigenvalue weighted by Gasteiger charge is 2.39. The Kier molecular flexibility index (Phi) is 4.73. The summed E-state index contributed by atoms with van der Waals surface area (Å²) in [6, 6.07) is 8.58. The number of carbonyl (C=O) groups is 1. The summed E-state index contributed by atoms with van der Waals surface area (Å²) in [5.74, 6) is 1.26. The number of sulfonamides is 1. The van der Waals surface area contributed by atoms with Gasteiger partial charge in [-0.1, -0.05) is 25.1 Å². The first-order valence-corrected chi connectivity index (χ1v) is 9.75. The van der Waals surface area contributed by atoms with Crippen LogP contribution in [0.2, 0.25) is 0 Å². The van der Waals surface area contributed by atoms with E-state index in [0.29, 0.717) is 36.4 Å². The van der Waals surface area contributed by atoms with Crippen LogP contribution < -0.4 is 5.32 Å². The topological polar surface area (TPSA) is 66.5 Å². The molecule has 2 aliphatic rings. The Morgan fingerprint density at radius 3 is 2.39 bits per heavy atom. The fourth-order valence-corrected chi connectivity index (χ4v) is 4.65. The molecule has 5 nitrogen and oxygen atoms in total. The fourth-order valence-electron chi connectivity index (χ4n) is 3.16. The fraction of sp³-hybridized carbons (Fsp3) is 0.588. The third-order valence-electron chi connectivity index (χ3n) is 4.97. The maximum absolute atomic E-state index is 12.5. The van der Waals surface area contributed by atoms with Crippen LogP contribution >= 0.6 is 0 Å². The number of piperidine rings is 1. The summed E-state index contributed by atoms with van der Waals surface area (Å²) in [4.78, 5) is 12.2. The molecule has 2 atom stereocenters. The molecule has 1 heterocycles. The van der Waals surface area contributed by atoms with Gasteiger partial charge in [0.25, 0.3) is 0 Å². The van der Waals surface area contributed by atoms with Crippen LogP contribution in [0.25, 0.3) is 0 Å². The molecular weight excluding hydrogens is 312 g/mol. The first kappa shape index (κ1) is 16.5. The van der Waals surface area contributed by atoms with Crippen molar-refractivity contribution < 1.29 is 13.2 Å². The van der Waals surface area contributed by atoms with Crippen molar-refractivity contribution in [2.24, 2.45) is 17.8 Å². The molecule has 1 aromatic carbocycles. The number of nitrogens with one attached hydrogen (secondary N) is 1. The molecule has 1 saturated carbocycles. The second-order valence-corrected chi connectivity index (χ2v) is 8.66. The Balaban J connectivity index is 1.49. The molecule has 2 fully saturated rings. The van der Waals surface area contributed by atoms with Crippen LogP contribution in [0.1, 0.15) is 26.2 Å². The van der Waals surface area contributed by atoms with Gasteiger partial charge in [-0.15, -0.1) is 0 Å². The van der Waals surface area contributed by atoms with Crippen molar-refractivity contribution >= 4 is 15.9 Å². The van der Waals surface area contributed by atoms with Crippen LogP contribution in [0.5, 0.6) is 0 Å². The van der Waals surface area contributed by atoms with E-state index in [9.17, 15) is 13.2 Å². The van der Waals surface area contributed by atoms with Gasteiger partial charge in [0, 0.05) is 25.6 Å². The lowest BCUT2D eigenvalue weighted by Crippen LogP contribution is -2.41. The molecule has 1 amide bonds. The van der Waals surface area contributed by atoms with Gasteiger partial charge in [-0.25, -0.2) is 8.42 Å². The number of amides is 1. The molecule has 0 spiro atoms. The number of rotatable bonds is 5. The molecule has 2 unspecified atom stereocenters. The summed E-state index contributed by atoms with van der Waals surface area (Å²) in [6.07, 6.45) is 2.60. The lowest BCUT2D eigenvalue weighted by atomic mass is 9.98. The van der Waals surface area contributed by atoms with Gasteiger partial charge in [0.15, 0.2) is 0 Å². The smallest absolute Gasteiger partial charge is 0.243 e. The minimum atomic E-state index is -3.38. The molecule has 6 heteroatoms. The average molecular weight is 336 g/mol. The zero-order chi connectivity index (χ0) is 16.4. The minimum Gasteiger partial charge on any atom is -0.356 e. The molecular formula is C17H24N2O3S. The van der Waals surface area contributed by atoms with Crippen LogP contribution in [0.3, 0.4) is 0 Å². The van der Waals surface area contributed by atoms with Crippen molar-refractivity contribution in [3.05, 3.63) is 30.3 Å². The second-order valence-electron chi connectivity index (χ2n) is 6.73. The predicted octanol–water partition coefficient (Wildman–Crippen LogP) is 1.86. The average Bonchev–Trinajstić information content (AvgIpc) is 3.31. The SMILES string of the molecule is CC1CC1C(=O)NCC1CCN(S(=O)(=O)c2ccccc2)CC1. The monoisotopic (exact) mass is 336 g/mol. The largest absolute Gasteiger partial charge is 0.356 e. The Bertz CT molecular complexity index is 652. The van der Waals surface area contributed by atoms with Gasteiger partial charge in [0.1, 0.15) is 0 Å². The van der Waals surface area contributed by atoms with E-state index in [4.69, 9.17) is 0 Å². The highest BCUT2D eigenvalue weighted by atomic mass is 32.2. The highest BCUT2D eigenvalue weighted by Crippen LogP contribution is 2.37. The molecule has 0 aromatic heterocycles. The first-order valence-electron chi connectivity index (χ1n) is 8.31. The van der Waals surface area contributed by atoms with Crippen molar-refractivity contribution in [2.75, 3.05) is 19.6 Å². The third-order valence-corrected chi connectivity index (χ3v) is 6.88. The molecule has 3 rings (SSSR count). The number of carbonyl (C=O) groups excluding carboxylic acids is 1. The quantitative estimate of drug-likeness (QED) is 0.892. The summed E-state index contributed by atoms with van der Waals surface area (Å²) in [7, 11) is -3.38. The Morgan fingerprint density at radius 1 is 1.22 bits per heavy atom. The molecule has 0 bridgehead atoms. The maximum atomic E-state index is 12.5. The van der Waals surface area contributed by atoms with Gasteiger partial charge in [-0.3, -0.25) is 4.79 Å². The molecule has 0 radical (unpaired) electrons. The van der Waals surface area contributed by atoms with Crippen molar-refractivity contribution in [2.45, 2.75) is 31.1 Å². The van der Waals surface area contributed by atoms with Gasteiger partial charge >= 0.3 is 0 Å². The summed E-state index contributed by atoms with van der Waals surface area (Å²) in [5, 5.41) is 3.02. The van der Waals surface area contributed by atoms with Crippen LogP contribution in [-0.2, 0) is 14.8 Å². The summed E-state index contributed by atoms with van der Waals surface area (Å²) in [5.41, 5.74) is 0. The maximum Gasteiger partial charge on any atom is 0.243 e. The molecule has 23 heavy (non-hydrogen) atoms. The zero-order valence-corrected chi connectivity index (χ0v) is 14.3. The van der Waals surface area contributed by atoms with Gasteiger partial charge in [-0.2, -0.15) is 4.31 Å². The Labute approximate surface area is 138 Å². The van der Waals surface area contributed by atoms with Crippen molar-refractivity contribution in [1.82, 2.24) is 9.62 Å². The molecule has 1 N–H and O–H groups in total. The Morgan fingerprint density at radius 2 is 1.83 bits per heavy atom. The molecule has 1 saturated heterocycles. The van der Waals surface area contributed by atoms with Crippen molar-refractivity contribution in [1.29, 1.82) is 0 Å². The van der Waals surface area contributed by atoms with Crippen molar-refractivity contribution in [3.63, 3.8) is 0 Å². The lowest BCUT2D eigenvalue weighted by molar-refractivity contribution is -0.122. The van der Waals surface area contributed by atoms with Crippen LogP contribution in [0.15, 0.2) is 35.2 Å². The highest BCUT2D eigenvalue weighted by molar-refractivity contribution is 7.89. The molecule has 1 aromatic rings. The standard InChI is InChI=1S/C17H24N2O3S/c1-13-11-16(13)17(20)18-12-14-7-9-19(10-8-14)23(21,22)15-5-3-2-4-6-15/h2-6,13-14,16H,7-12H2,1H3,(H,18,20). The van der Waals surface area contributed by atoms with E-state index in [0.717, 1.165) is 19.3 Å². The summed E-state index contributed by atoms with van der Waals surface area (Å²) < 4.78 is 26.7. The van der Waals surface area contributed by atoms with Gasteiger partial charge in [-0.05, 0) is 43.2 Å². The lowest BCUT2D eigenvalue weighted by Gasteiger charge is -2.31. The van der Waals surface area contributed by atoms with Gasteiger partial charge < -0.3 is 5.32 Å². The zero-order valence-electron chi connectivity index (χ0n) is 13.4. The van der Waals surface area contributed by atoms with Crippen LogP contribution in [0.4, 0.5) is 0 Å². The third kappa shape index (κ3) is 3.75. The van der Waals surface area contributed by atoms with Gasteiger partial charge in [0.05, 0.1) is 4.90 Å². The first-order chi connectivity index (χ1) is 11.0. The van der Waals surface area contributed by atoms with E-state index in [-0.39, 0.29) is 11.8 Å². The number of hydrogen-bond donors (Lipinski definition) is 1. The molecule has 1 aliphatic carbocycles. The number of hydrogen-bond acceptors (Lipinski definition) is 3. The van der Waals surface area contributed by atoms with E-state index >= 15 is 0 Å². The summed E-state index contributed by atoms with van der Waals surface area (Å²) in [6.45, 7) is 3.81. The molecule has 126 valence electrons.